The Balaban J connectivity index is 1.86. The molecular formula is C18H21N3O2. The molecule has 2 aromatic rings. The minimum atomic E-state index is -1.03. The first kappa shape index (κ1) is 15.6. The molecule has 1 saturated heterocycles. The number of aromatic nitrogens is 2. The Labute approximate surface area is 136 Å². The van der Waals surface area contributed by atoms with E-state index in [2.05, 4.69) is 33.9 Å². The van der Waals surface area contributed by atoms with Crippen LogP contribution in [0.5, 0.6) is 0 Å². The average Bonchev–Trinajstić information content (AvgIpc) is 3.08. The van der Waals surface area contributed by atoms with E-state index >= 15 is 0 Å². The van der Waals surface area contributed by atoms with Crippen molar-refractivity contribution in [3.05, 3.63) is 47.3 Å². The minimum Gasteiger partial charge on any atom is -0.477 e. The molecule has 0 bridgehead atoms. The van der Waals surface area contributed by atoms with Crippen molar-refractivity contribution in [2.45, 2.75) is 32.7 Å². The first-order valence-electron chi connectivity index (χ1n) is 7.98. The van der Waals surface area contributed by atoms with Gasteiger partial charge in [-0.3, -0.25) is 4.90 Å². The van der Waals surface area contributed by atoms with Crippen molar-refractivity contribution < 1.29 is 9.90 Å². The molecule has 1 aromatic carbocycles. The summed E-state index contributed by atoms with van der Waals surface area (Å²) in [5.74, 6) is -0.571. The van der Waals surface area contributed by atoms with Gasteiger partial charge in [0.15, 0.2) is 11.5 Å². The van der Waals surface area contributed by atoms with Gasteiger partial charge in [0.05, 0.1) is 0 Å². The van der Waals surface area contributed by atoms with Crippen molar-refractivity contribution in [1.29, 1.82) is 0 Å². The molecule has 1 aliphatic heterocycles. The van der Waals surface area contributed by atoms with E-state index < -0.39 is 5.97 Å². The number of likely N-dealkylation sites (tertiary alicyclic amines) is 1. The van der Waals surface area contributed by atoms with E-state index in [9.17, 15) is 4.79 Å². The summed E-state index contributed by atoms with van der Waals surface area (Å²) in [5.41, 5.74) is 2.79. The third-order valence-electron chi connectivity index (χ3n) is 4.41. The van der Waals surface area contributed by atoms with Crippen molar-refractivity contribution in [2.75, 3.05) is 13.1 Å². The fourth-order valence-corrected chi connectivity index (χ4v) is 3.06. The molecular weight excluding hydrogens is 290 g/mol. The van der Waals surface area contributed by atoms with Crippen LogP contribution in [0.1, 0.15) is 47.6 Å². The monoisotopic (exact) mass is 311 g/mol. The van der Waals surface area contributed by atoms with Crippen LogP contribution < -0.4 is 0 Å². The maximum Gasteiger partial charge on any atom is 0.354 e. The largest absolute Gasteiger partial charge is 0.477 e. The number of benzene rings is 1. The Kier molecular flexibility index (Phi) is 4.39. The lowest BCUT2D eigenvalue weighted by atomic mass is 10.0. The van der Waals surface area contributed by atoms with E-state index in [1.165, 1.54) is 24.5 Å². The molecule has 23 heavy (non-hydrogen) atoms. The molecule has 3 rings (SSSR count). The number of carbonyl (C=O) groups is 1. The smallest absolute Gasteiger partial charge is 0.354 e. The van der Waals surface area contributed by atoms with Gasteiger partial charge < -0.3 is 5.11 Å². The van der Waals surface area contributed by atoms with Crippen molar-refractivity contribution in [2.24, 2.45) is 0 Å². The number of rotatable bonds is 4. The van der Waals surface area contributed by atoms with Gasteiger partial charge in [-0.05, 0) is 51.4 Å². The predicted octanol–water partition coefficient (Wildman–Crippen LogP) is 3.31. The standard InChI is InChI=1S/C18H21N3O2/c1-12-11-16(18(22)23)20-17(19-12)15-7-5-14(6-8-15)13(2)21-9-3-4-10-21/h5-8,11,13H,3-4,9-10H2,1-2H3,(H,22,23)/t13-/m0/s1. The molecule has 1 atom stereocenters. The van der Waals surface area contributed by atoms with Gasteiger partial charge in [0.1, 0.15) is 0 Å². The highest BCUT2D eigenvalue weighted by Gasteiger charge is 2.19. The summed E-state index contributed by atoms with van der Waals surface area (Å²) in [7, 11) is 0. The summed E-state index contributed by atoms with van der Waals surface area (Å²) in [4.78, 5) is 22.1. The fourth-order valence-electron chi connectivity index (χ4n) is 3.06. The van der Waals surface area contributed by atoms with E-state index in [0.29, 0.717) is 17.6 Å². The van der Waals surface area contributed by atoms with E-state index in [1.54, 1.807) is 6.92 Å². The van der Waals surface area contributed by atoms with Crippen LogP contribution in [0.3, 0.4) is 0 Å². The summed E-state index contributed by atoms with van der Waals surface area (Å²) in [5, 5.41) is 9.12. The highest BCUT2D eigenvalue weighted by Crippen LogP contribution is 2.26. The van der Waals surface area contributed by atoms with Gasteiger partial charge in [-0.1, -0.05) is 24.3 Å². The van der Waals surface area contributed by atoms with Gasteiger partial charge >= 0.3 is 5.97 Å². The van der Waals surface area contributed by atoms with Gasteiger partial charge in [-0.15, -0.1) is 0 Å². The first-order chi connectivity index (χ1) is 11.0. The Morgan fingerprint density at radius 1 is 1.17 bits per heavy atom. The van der Waals surface area contributed by atoms with Crippen LogP contribution in [-0.2, 0) is 0 Å². The molecule has 120 valence electrons. The molecule has 1 N–H and O–H groups in total. The van der Waals surface area contributed by atoms with Gasteiger partial charge in [-0.25, -0.2) is 14.8 Å². The van der Waals surface area contributed by atoms with Crippen molar-refractivity contribution in [1.82, 2.24) is 14.9 Å². The Morgan fingerprint density at radius 2 is 1.83 bits per heavy atom. The van der Waals surface area contributed by atoms with Crippen molar-refractivity contribution in [3.63, 3.8) is 0 Å². The number of aromatic carboxylic acids is 1. The molecule has 0 saturated carbocycles. The quantitative estimate of drug-likeness (QED) is 0.938. The third kappa shape index (κ3) is 3.40. The second kappa shape index (κ2) is 6.46. The molecule has 0 spiro atoms. The molecule has 1 aromatic heterocycles. The SMILES string of the molecule is Cc1cc(C(=O)O)nc(-c2ccc([C@H](C)N3CCCC3)cc2)n1. The maximum absolute atomic E-state index is 11.1. The molecule has 0 amide bonds. The number of carboxylic acid groups (broad SMARTS) is 1. The molecule has 1 aliphatic rings. The lowest BCUT2D eigenvalue weighted by molar-refractivity contribution is 0.0690. The summed E-state index contributed by atoms with van der Waals surface area (Å²) < 4.78 is 0. The van der Waals surface area contributed by atoms with Gasteiger partial charge in [0.2, 0.25) is 0 Å². The van der Waals surface area contributed by atoms with E-state index in [0.717, 1.165) is 18.7 Å². The summed E-state index contributed by atoms with van der Waals surface area (Å²) in [6.07, 6.45) is 2.55. The van der Waals surface area contributed by atoms with Crippen molar-refractivity contribution >= 4 is 5.97 Å². The number of hydrogen-bond acceptors (Lipinski definition) is 4. The molecule has 0 aliphatic carbocycles. The molecule has 2 heterocycles. The molecule has 0 radical (unpaired) electrons. The van der Waals surface area contributed by atoms with Crippen LogP contribution in [0, 0.1) is 6.92 Å². The van der Waals surface area contributed by atoms with E-state index in [4.69, 9.17) is 5.11 Å². The predicted molar refractivity (Wildman–Crippen MR) is 88.4 cm³/mol. The molecule has 5 nitrogen and oxygen atoms in total. The normalized spacial score (nSPS) is 16.4. The van der Waals surface area contributed by atoms with Crippen LogP contribution in [-0.4, -0.2) is 39.0 Å². The van der Waals surface area contributed by atoms with Crippen LogP contribution in [0.2, 0.25) is 0 Å². The zero-order valence-corrected chi connectivity index (χ0v) is 13.5. The number of hydrogen-bond donors (Lipinski definition) is 1. The number of nitrogens with zero attached hydrogens (tertiary/aromatic N) is 3. The molecule has 5 heteroatoms. The van der Waals surface area contributed by atoms with Crippen LogP contribution in [0.15, 0.2) is 30.3 Å². The second-order valence-corrected chi connectivity index (χ2v) is 6.06. The number of carboxylic acids is 1. The van der Waals surface area contributed by atoms with Gasteiger partial charge in [0, 0.05) is 17.3 Å². The van der Waals surface area contributed by atoms with Gasteiger partial charge in [0.25, 0.3) is 0 Å². The number of aryl methyl sites for hydroxylation is 1. The maximum atomic E-state index is 11.1. The zero-order chi connectivity index (χ0) is 16.4. The third-order valence-corrected chi connectivity index (χ3v) is 4.41. The highest BCUT2D eigenvalue weighted by molar-refractivity contribution is 5.86. The average molecular weight is 311 g/mol. The van der Waals surface area contributed by atoms with Crippen molar-refractivity contribution in [3.8, 4) is 11.4 Å². The van der Waals surface area contributed by atoms with Crippen LogP contribution in [0.4, 0.5) is 0 Å². The Bertz CT molecular complexity index is 707. The van der Waals surface area contributed by atoms with Crippen LogP contribution >= 0.6 is 0 Å². The minimum absolute atomic E-state index is 0.0296. The Morgan fingerprint density at radius 3 is 2.43 bits per heavy atom. The summed E-state index contributed by atoms with van der Waals surface area (Å²) in [6.45, 7) is 6.32. The topological polar surface area (TPSA) is 66.3 Å². The van der Waals surface area contributed by atoms with E-state index in [-0.39, 0.29) is 5.69 Å². The Hall–Kier alpha value is -2.27. The fraction of sp³-hybridized carbons (Fsp3) is 0.389. The summed E-state index contributed by atoms with van der Waals surface area (Å²) >= 11 is 0. The molecule has 0 unspecified atom stereocenters. The second-order valence-electron chi connectivity index (χ2n) is 6.06. The molecule has 1 fully saturated rings. The van der Waals surface area contributed by atoms with Gasteiger partial charge in [-0.2, -0.15) is 0 Å². The van der Waals surface area contributed by atoms with Crippen LogP contribution in [0.25, 0.3) is 11.4 Å². The zero-order valence-electron chi connectivity index (χ0n) is 13.5. The highest BCUT2D eigenvalue weighted by atomic mass is 16.4. The first-order valence-corrected chi connectivity index (χ1v) is 7.98. The lowest BCUT2D eigenvalue weighted by Gasteiger charge is -2.24. The summed E-state index contributed by atoms with van der Waals surface area (Å²) in [6, 6.07) is 10.0. The lowest BCUT2D eigenvalue weighted by Crippen LogP contribution is -2.23. The van der Waals surface area contributed by atoms with E-state index in [1.807, 2.05) is 12.1 Å².